The molecule has 1 atom stereocenters. The van der Waals surface area contributed by atoms with E-state index in [0.717, 1.165) is 5.56 Å². The lowest BCUT2D eigenvalue weighted by molar-refractivity contribution is -0.138. The van der Waals surface area contributed by atoms with Crippen LogP contribution in [0.2, 0.25) is 0 Å². The van der Waals surface area contributed by atoms with E-state index >= 15 is 0 Å². The zero-order valence-electron chi connectivity index (χ0n) is 10.8. The van der Waals surface area contributed by atoms with Gasteiger partial charge in [-0.05, 0) is 12.5 Å². The molecule has 0 aliphatic rings. The lowest BCUT2D eigenvalue weighted by Gasteiger charge is -2.10. The summed E-state index contributed by atoms with van der Waals surface area (Å²) in [6.07, 6.45) is -0.520. The molecule has 0 aromatic heterocycles. The van der Waals surface area contributed by atoms with Gasteiger partial charge in [0.1, 0.15) is 12.6 Å². The van der Waals surface area contributed by atoms with Crippen LogP contribution in [0, 0.1) is 0 Å². The second-order valence-corrected chi connectivity index (χ2v) is 4.00. The lowest BCUT2D eigenvalue weighted by Crippen LogP contribution is -2.39. The molecule has 1 aromatic carbocycles. The van der Waals surface area contributed by atoms with Crippen molar-refractivity contribution in [2.45, 2.75) is 19.6 Å². The van der Waals surface area contributed by atoms with E-state index in [4.69, 9.17) is 9.84 Å². The van der Waals surface area contributed by atoms with E-state index in [1.807, 2.05) is 30.3 Å². The fourth-order valence-electron chi connectivity index (χ4n) is 1.31. The number of ether oxygens (including phenoxy) is 1. The minimum absolute atomic E-state index is 0.214. The van der Waals surface area contributed by atoms with Crippen LogP contribution < -0.4 is 10.6 Å². The van der Waals surface area contributed by atoms with Gasteiger partial charge in [-0.2, -0.15) is 0 Å². The fraction of sp³-hybridized carbons (Fsp3) is 0.385. The van der Waals surface area contributed by atoms with Gasteiger partial charge in [0.2, 0.25) is 0 Å². The van der Waals surface area contributed by atoms with Crippen LogP contribution in [0.4, 0.5) is 4.79 Å². The van der Waals surface area contributed by atoms with E-state index < -0.39 is 18.1 Å². The average molecular weight is 266 g/mol. The van der Waals surface area contributed by atoms with Crippen molar-refractivity contribution >= 4 is 12.1 Å². The van der Waals surface area contributed by atoms with Crippen LogP contribution in [0.5, 0.6) is 0 Å². The summed E-state index contributed by atoms with van der Waals surface area (Å²) < 4.78 is 4.99. The van der Waals surface area contributed by atoms with Crippen molar-refractivity contribution in [1.82, 2.24) is 10.6 Å². The first-order valence-corrected chi connectivity index (χ1v) is 6.00. The van der Waals surface area contributed by atoms with Crippen LogP contribution >= 0.6 is 0 Å². The smallest absolute Gasteiger partial charge is 0.407 e. The van der Waals surface area contributed by atoms with E-state index in [0.29, 0.717) is 13.1 Å². The lowest BCUT2D eigenvalue weighted by atomic mass is 10.2. The van der Waals surface area contributed by atoms with Crippen molar-refractivity contribution in [3.8, 4) is 0 Å². The highest BCUT2D eigenvalue weighted by Crippen LogP contribution is 2.00. The summed E-state index contributed by atoms with van der Waals surface area (Å²) in [5, 5.41) is 13.9. The molecule has 6 heteroatoms. The van der Waals surface area contributed by atoms with Gasteiger partial charge in [0.25, 0.3) is 0 Å². The molecule has 1 aromatic rings. The Morgan fingerprint density at radius 2 is 1.95 bits per heavy atom. The number of hydrogen-bond donors (Lipinski definition) is 3. The summed E-state index contributed by atoms with van der Waals surface area (Å²) in [4.78, 5) is 21.8. The Labute approximate surface area is 111 Å². The summed E-state index contributed by atoms with van der Waals surface area (Å²) in [7, 11) is 0. The molecule has 0 saturated heterocycles. The number of hydrogen-bond acceptors (Lipinski definition) is 4. The van der Waals surface area contributed by atoms with Crippen LogP contribution in [0.1, 0.15) is 12.5 Å². The SMILES string of the molecule is C[C@@H](NCCNC(=O)OCc1ccccc1)C(=O)O. The number of carbonyl (C=O) groups excluding carboxylic acids is 1. The van der Waals surface area contributed by atoms with Crippen molar-refractivity contribution in [1.29, 1.82) is 0 Å². The Morgan fingerprint density at radius 1 is 1.26 bits per heavy atom. The number of alkyl carbamates (subject to hydrolysis) is 1. The van der Waals surface area contributed by atoms with Gasteiger partial charge in [-0.25, -0.2) is 4.79 Å². The normalized spacial score (nSPS) is 11.6. The second kappa shape index (κ2) is 8.10. The molecule has 19 heavy (non-hydrogen) atoms. The van der Waals surface area contributed by atoms with E-state index in [1.54, 1.807) is 0 Å². The number of nitrogens with one attached hydrogen (secondary N) is 2. The summed E-state index contributed by atoms with van der Waals surface area (Å²) in [5.74, 6) is -0.924. The van der Waals surface area contributed by atoms with Gasteiger partial charge in [-0.15, -0.1) is 0 Å². The third-order valence-electron chi connectivity index (χ3n) is 2.43. The third-order valence-corrected chi connectivity index (χ3v) is 2.43. The topological polar surface area (TPSA) is 87.7 Å². The summed E-state index contributed by atoms with van der Waals surface area (Å²) in [6.45, 7) is 2.43. The first-order chi connectivity index (χ1) is 9.09. The predicted molar refractivity (Wildman–Crippen MR) is 69.7 cm³/mol. The molecule has 1 rings (SSSR count). The molecule has 0 fully saturated rings. The quantitative estimate of drug-likeness (QED) is 0.640. The molecule has 0 unspecified atom stereocenters. The fourth-order valence-corrected chi connectivity index (χ4v) is 1.31. The third kappa shape index (κ3) is 6.42. The Balaban J connectivity index is 2.10. The number of benzene rings is 1. The van der Waals surface area contributed by atoms with E-state index in [-0.39, 0.29) is 6.61 Å². The van der Waals surface area contributed by atoms with E-state index in [9.17, 15) is 9.59 Å². The van der Waals surface area contributed by atoms with Crippen LogP contribution in [-0.4, -0.2) is 36.3 Å². The van der Waals surface area contributed by atoms with E-state index in [2.05, 4.69) is 10.6 Å². The molecule has 1 amide bonds. The highest BCUT2D eigenvalue weighted by Gasteiger charge is 2.09. The van der Waals surface area contributed by atoms with Crippen molar-refractivity contribution in [3.63, 3.8) is 0 Å². The van der Waals surface area contributed by atoms with Gasteiger partial charge in [0, 0.05) is 13.1 Å². The zero-order chi connectivity index (χ0) is 14.1. The Morgan fingerprint density at radius 3 is 2.58 bits per heavy atom. The number of carboxylic acids is 1. The number of carbonyl (C=O) groups is 2. The zero-order valence-corrected chi connectivity index (χ0v) is 10.8. The van der Waals surface area contributed by atoms with Gasteiger partial charge in [-0.1, -0.05) is 30.3 Å². The molecule has 0 aliphatic carbocycles. The Bertz CT molecular complexity index is 408. The van der Waals surface area contributed by atoms with E-state index in [1.165, 1.54) is 6.92 Å². The Hall–Kier alpha value is -2.08. The maximum Gasteiger partial charge on any atom is 0.407 e. The molecular weight excluding hydrogens is 248 g/mol. The maximum absolute atomic E-state index is 11.3. The van der Waals surface area contributed by atoms with Crippen LogP contribution in [0.25, 0.3) is 0 Å². The standard InChI is InChI=1S/C13H18N2O4/c1-10(12(16)17)14-7-8-15-13(18)19-9-11-5-3-2-4-6-11/h2-6,10,14H,7-9H2,1H3,(H,15,18)(H,16,17)/t10-/m1/s1. The molecule has 0 aliphatic heterocycles. The molecule has 0 bridgehead atoms. The Kier molecular flexibility index (Phi) is 6.38. The largest absolute Gasteiger partial charge is 0.480 e. The summed E-state index contributed by atoms with van der Waals surface area (Å²) >= 11 is 0. The summed E-state index contributed by atoms with van der Waals surface area (Å²) in [6, 6.07) is 8.72. The van der Waals surface area contributed by atoms with Crippen LogP contribution in [0.3, 0.4) is 0 Å². The molecule has 0 spiro atoms. The summed E-state index contributed by atoms with van der Waals surface area (Å²) in [5.41, 5.74) is 0.912. The van der Waals surface area contributed by atoms with Gasteiger partial charge in [-0.3, -0.25) is 4.79 Å². The number of aliphatic carboxylic acids is 1. The van der Waals surface area contributed by atoms with Gasteiger partial charge >= 0.3 is 12.1 Å². The first kappa shape index (κ1) is 15.0. The molecular formula is C13H18N2O4. The molecule has 3 N–H and O–H groups in total. The number of rotatable bonds is 7. The molecule has 0 heterocycles. The molecule has 104 valence electrons. The second-order valence-electron chi connectivity index (χ2n) is 4.00. The van der Waals surface area contributed by atoms with Crippen LogP contribution in [-0.2, 0) is 16.1 Å². The van der Waals surface area contributed by atoms with Gasteiger partial charge in [0.15, 0.2) is 0 Å². The minimum Gasteiger partial charge on any atom is -0.480 e. The molecule has 0 saturated carbocycles. The van der Waals surface area contributed by atoms with Gasteiger partial charge < -0.3 is 20.5 Å². The minimum atomic E-state index is -0.924. The molecule has 0 radical (unpaired) electrons. The van der Waals surface area contributed by atoms with Crippen LogP contribution in [0.15, 0.2) is 30.3 Å². The number of carboxylic acid groups (broad SMARTS) is 1. The molecule has 6 nitrogen and oxygen atoms in total. The average Bonchev–Trinajstić information content (AvgIpc) is 2.42. The highest BCUT2D eigenvalue weighted by molar-refractivity contribution is 5.72. The monoisotopic (exact) mass is 266 g/mol. The maximum atomic E-state index is 11.3. The first-order valence-electron chi connectivity index (χ1n) is 6.00. The van der Waals surface area contributed by atoms with Crippen molar-refractivity contribution in [2.24, 2.45) is 0 Å². The van der Waals surface area contributed by atoms with Gasteiger partial charge in [0.05, 0.1) is 0 Å². The number of amides is 1. The van der Waals surface area contributed by atoms with Crippen molar-refractivity contribution < 1.29 is 19.4 Å². The predicted octanol–water partition coefficient (Wildman–Crippen LogP) is 0.975. The highest BCUT2D eigenvalue weighted by atomic mass is 16.5. The van der Waals surface area contributed by atoms with Crippen molar-refractivity contribution in [3.05, 3.63) is 35.9 Å². The van der Waals surface area contributed by atoms with Crippen molar-refractivity contribution in [2.75, 3.05) is 13.1 Å².